The number of piperazine rings is 1. The molecule has 132 valence electrons. The maximum absolute atomic E-state index is 12.5. The molecule has 0 N–H and O–H groups in total. The van der Waals surface area contributed by atoms with Gasteiger partial charge >= 0.3 is 0 Å². The number of hydrogen-bond donors (Lipinski definition) is 0. The van der Waals surface area contributed by atoms with Crippen molar-refractivity contribution in [2.45, 2.75) is 6.54 Å². The fourth-order valence-corrected chi connectivity index (χ4v) is 3.57. The molecule has 4 nitrogen and oxygen atoms in total. The van der Waals surface area contributed by atoms with Crippen LogP contribution in [0.4, 0.5) is 0 Å². The summed E-state index contributed by atoms with van der Waals surface area (Å²) >= 11 is 6.38. The summed E-state index contributed by atoms with van der Waals surface area (Å²) in [4.78, 5) is 21.3. The monoisotopic (exact) mass is 365 g/mol. The minimum absolute atomic E-state index is 0.107. The Hall–Kier alpha value is -2.43. The molecule has 0 spiro atoms. The van der Waals surface area contributed by atoms with Crippen LogP contribution >= 0.6 is 11.6 Å². The Morgan fingerprint density at radius 2 is 1.65 bits per heavy atom. The van der Waals surface area contributed by atoms with E-state index in [1.807, 2.05) is 53.4 Å². The van der Waals surface area contributed by atoms with Crippen molar-refractivity contribution < 1.29 is 4.79 Å². The first-order chi connectivity index (χ1) is 12.7. The van der Waals surface area contributed by atoms with E-state index in [0.717, 1.165) is 54.8 Å². The summed E-state index contributed by atoms with van der Waals surface area (Å²) in [5.41, 5.74) is 2.70. The van der Waals surface area contributed by atoms with Crippen molar-refractivity contribution in [1.29, 1.82) is 0 Å². The van der Waals surface area contributed by atoms with Gasteiger partial charge in [-0.05, 0) is 24.3 Å². The molecule has 5 heteroatoms. The molecule has 0 bridgehead atoms. The Balaban J connectivity index is 1.41. The Kier molecular flexibility index (Phi) is 4.87. The second-order valence-electron chi connectivity index (χ2n) is 6.57. The van der Waals surface area contributed by atoms with Gasteiger partial charge in [-0.15, -0.1) is 0 Å². The molecule has 1 aliphatic rings. The molecular weight excluding hydrogens is 346 g/mol. The van der Waals surface area contributed by atoms with Crippen LogP contribution in [0.5, 0.6) is 0 Å². The number of fused-ring (bicyclic) bond motifs is 1. The second kappa shape index (κ2) is 7.44. The number of para-hydroxylation sites is 1. The van der Waals surface area contributed by atoms with E-state index in [9.17, 15) is 4.79 Å². The lowest BCUT2D eigenvalue weighted by Crippen LogP contribution is -2.48. The Morgan fingerprint density at radius 3 is 2.42 bits per heavy atom. The highest BCUT2D eigenvalue weighted by Crippen LogP contribution is 2.22. The minimum Gasteiger partial charge on any atom is -0.336 e. The topological polar surface area (TPSA) is 36.4 Å². The largest absolute Gasteiger partial charge is 0.336 e. The molecule has 1 amide bonds. The Morgan fingerprint density at radius 1 is 0.962 bits per heavy atom. The van der Waals surface area contributed by atoms with Crippen molar-refractivity contribution in [2.75, 3.05) is 26.2 Å². The standard InChI is InChI=1S/C21H20ClN3O/c22-20-18(14-17-8-4-5-9-19(17)23-20)15-24-10-12-25(13-11-24)21(26)16-6-2-1-3-7-16/h1-9,14H,10-13,15H2. The number of carbonyl (C=O) groups excluding carboxylic acids is 1. The Labute approximate surface area is 158 Å². The number of halogens is 1. The summed E-state index contributed by atoms with van der Waals surface area (Å²) in [6.45, 7) is 3.88. The number of benzene rings is 2. The van der Waals surface area contributed by atoms with Gasteiger partial charge in [0, 0.05) is 49.2 Å². The highest BCUT2D eigenvalue weighted by molar-refractivity contribution is 6.30. The van der Waals surface area contributed by atoms with Gasteiger partial charge in [0.05, 0.1) is 5.52 Å². The van der Waals surface area contributed by atoms with Crippen LogP contribution in [0.15, 0.2) is 60.7 Å². The van der Waals surface area contributed by atoms with Gasteiger partial charge < -0.3 is 4.90 Å². The zero-order valence-corrected chi connectivity index (χ0v) is 15.2. The molecule has 2 heterocycles. The average molecular weight is 366 g/mol. The van der Waals surface area contributed by atoms with Crippen LogP contribution in [-0.2, 0) is 6.54 Å². The highest BCUT2D eigenvalue weighted by atomic mass is 35.5. The van der Waals surface area contributed by atoms with Crippen LogP contribution in [0.1, 0.15) is 15.9 Å². The molecule has 0 radical (unpaired) electrons. The highest BCUT2D eigenvalue weighted by Gasteiger charge is 2.22. The molecule has 1 fully saturated rings. The Bertz CT molecular complexity index is 921. The number of amides is 1. The van der Waals surface area contributed by atoms with Gasteiger partial charge in [-0.3, -0.25) is 9.69 Å². The summed E-state index contributed by atoms with van der Waals surface area (Å²) < 4.78 is 0. The van der Waals surface area contributed by atoms with E-state index >= 15 is 0 Å². The first-order valence-corrected chi connectivity index (χ1v) is 9.19. The molecule has 0 saturated carbocycles. The summed E-state index contributed by atoms with van der Waals surface area (Å²) in [5.74, 6) is 0.107. The van der Waals surface area contributed by atoms with Crippen LogP contribution < -0.4 is 0 Å². The van der Waals surface area contributed by atoms with Crippen molar-refractivity contribution in [3.63, 3.8) is 0 Å². The van der Waals surface area contributed by atoms with Gasteiger partial charge in [0.2, 0.25) is 0 Å². The number of pyridine rings is 1. The van der Waals surface area contributed by atoms with Crippen LogP contribution in [0.25, 0.3) is 10.9 Å². The average Bonchev–Trinajstić information content (AvgIpc) is 2.69. The van der Waals surface area contributed by atoms with E-state index in [2.05, 4.69) is 22.0 Å². The molecule has 2 aromatic carbocycles. The molecule has 26 heavy (non-hydrogen) atoms. The van der Waals surface area contributed by atoms with Crippen molar-refractivity contribution in [2.24, 2.45) is 0 Å². The lowest BCUT2D eigenvalue weighted by Gasteiger charge is -2.34. The van der Waals surface area contributed by atoms with Crippen molar-refractivity contribution >= 4 is 28.4 Å². The van der Waals surface area contributed by atoms with Crippen molar-refractivity contribution in [3.8, 4) is 0 Å². The SMILES string of the molecule is O=C(c1ccccc1)N1CCN(Cc2cc3ccccc3nc2Cl)CC1. The zero-order valence-electron chi connectivity index (χ0n) is 14.4. The molecule has 0 atom stereocenters. The van der Waals surface area contributed by atoms with Crippen LogP contribution in [0.2, 0.25) is 5.15 Å². The molecule has 4 rings (SSSR count). The predicted octanol–water partition coefficient (Wildman–Crippen LogP) is 3.85. The number of carbonyl (C=O) groups is 1. The second-order valence-corrected chi connectivity index (χ2v) is 6.92. The molecule has 1 aromatic heterocycles. The lowest BCUT2D eigenvalue weighted by atomic mass is 10.1. The number of aromatic nitrogens is 1. The summed E-state index contributed by atoms with van der Waals surface area (Å²) in [5, 5.41) is 1.66. The van der Waals surface area contributed by atoms with Crippen molar-refractivity contribution in [1.82, 2.24) is 14.8 Å². The molecular formula is C21H20ClN3O. The quantitative estimate of drug-likeness (QED) is 0.661. The van der Waals surface area contributed by atoms with Crippen LogP contribution in [0.3, 0.4) is 0 Å². The molecule has 3 aromatic rings. The third kappa shape index (κ3) is 3.57. The smallest absolute Gasteiger partial charge is 0.253 e. The number of hydrogen-bond acceptors (Lipinski definition) is 3. The van der Waals surface area contributed by atoms with E-state index in [-0.39, 0.29) is 5.91 Å². The van der Waals surface area contributed by atoms with E-state index < -0.39 is 0 Å². The first kappa shape index (κ1) is 17.0. The summed E-state index contributed by atoms with van der Waals surface area (Å²) in [7, 11) is 0. The zero-order chi connectivity index (χ0) is 17.9. The van der Waals surface area contributed by atoms with Crippen LogP contribution in [0, 0.1) is 0 Å². The van der Waals surface area contributed by atoms with E-state index in [0.29, 0.717) is 5.15 Å². The number of nitrogens with zero attached hydrogens (tertiary/aromatic N) is 3. The van der Waals surface area contributed by atoms with Gasteiger partial charge in [0.1, 0.15) is 5.15 Å². The third-order valence-electron chi connectivity index (χ3n) is 4.82. The van der Waals surface area contributed by atoms with E-state index in [4.69, 9.17) is 11.6 Å². The summed E-state index contributed by atoms with van der Waals surface area (Å²) in [6.07, 6.45) is 0. The van der Waals surface area contributed by atoms with E-state index in [1.54, 1.807) is 0 Å². The minimum atomic E-state index is 0.107. The van der Waals surface area contributed by atoms with Gasteiger partial charge in [-0.1, -0.05) is 48.0 Å². The lowest BCUT2D eigenvalue weighted by molar-refractivity contribution is 0.0628. The first-order valence-electron chi connectivity index (χ1n) is 8.81. The summed E-state index contributed by atoms with van der Waals surface area (Å²) in [6, 6.07) is 19.6. The fourth-order valence-electron chi connectivity index (χ4n) is 3.36. The maximum atomic E-state index is 12.5. The molecule has 1 aliphatic heterocycles. The van der Waals surface area contributed by atoms with Crippen LogP contribution in [-0.4, -0.2) is 46.9 Å². The third-order valence-corrected chi connectivity index (χ3v) is 5.15. The molecule has 0 aliphatic carbocycles. The predicted molar refractivity (Wildman–Crippen MR) is 104 cm³/mol. The molecule has 1 saturated heterocycles. The number of rotatable bonds is 3. The van der Waals surface area contributed by atoms with Gasteiger partial charge in [-0.2, -0.15) is 0 Å². The van der Waals surface area contributed by atoms with Gasteiger partial charge in [0.25, 0.3) is 5.91 Å². The van der Waals surface area contributed by atoms with Crippen molar-refractivity contribution in [3.05, 3.63) is 76.9 Å². The molecule has 0 unspecified atom stereocenters. The normalized spacial score (nSPS) is 15.3. The van der Waals surface area contributed by atoms with Gasteiger partial charge in [0.15, 0.2) is 0 Å². The van der Waals surface area contributed by atoms with E-state index in [1.165, 1.54) is 0 Å². The fraction of sp³-hybridized carbons (Fsp3) is 0.238. The van der Waals surface area contributed by atoms with Gasteiger partial charge in [-0.25, -0.2) is 4.98 Å². The maximum Gasteiger partial charge on any atom is 0.253 e.